The van der Waals surface area contributed by atoms with Crippen LogP contribution in [0.25, 0.3) is 0 Å². The minimum absolute atomic E-state index is 0.250. The Balaban J connectivity index is 2.55. The zero-order chi connectivity index (χ0) is 13.4. The molecule has 0 radical (unpaired) electrons. The van der Waals surface area contributed by atoms with Crippen molar-refractivity contribution in [2.75, 3.05) is 7.11 Å². The highest BCUT2D eigenvalue weighted by Gasteiger charge is 2.15. The summed E-state index contributed by atoms with van der Waals surface area (Å²) >= 11 is 0. The third kappa shape index (κ3) is 4.99. The van der Waals surface area contributed by atoms with E-state index in [1.54, 1.807) is 0 Å². The monoisotopic (exact) mass is 249 g/mol. The highest BCUT2D eigenvalue weighted by molar-refractivity contribution is 6.36. The van der Waals surface area contributed by atoms with Crippen molar-refractivity contribution in [2.24, 2.45) is 11.1 Å². The molecule has 4 nitrogen and oxygen atoms in total. The van der Waals surface area contributed by atoms with Gasteiger partial charge in [0.1, 0.15) is 13.7 Å². The Morgan fingerprint density at radius 2 is 1.94 bits per heavy atom. The summed E-state index contributed by atoms with van der Waals surface area (Å²) in [7, 11) is 1.42. The first-order valence-corrected chi connectivity index (χ1v) is 5.94. The van der Waals surface area contributed by atoms with Crippen molar-refractivity contribution in [3.05, 3.63) is 35.9 Å². The number of rotatable bonds is 6. The molecule has 0 heterocycles. The molecule has 0 aliphatic rings. The van der Waals surface area contributed by atoms with Gasteiger partial charge in [-0.15, -0.1) is 0 Å². The summed E-state index contributed by atoms with van der Waals surface area (Å²) in [6, 6.07) is 9.54. The van der Waals surface area contributed by atoms with E-state index in [0.29, 0.717) is 18.1 Å². The van der Waals surface area contributed by atoms with Gasteiger partial charge in [-0.25, -0.2) is 4.79 Å². The Labute approximate surface area is 108 Å². The first-order valence-electron chi connectivity index (χ1n) is 5.94. The standard InChI is InChI=1S/C14H19NO3/c1-11(2)9-13(15-17-3)14(16)18-10-12-7-5-4-6-8-12/h4-8,11H,9-10H2,1-3H3. The molecule has 0 amide bonds. The van der Waals surface area contributed by atoms with E-state index in [2.05, 4.69) is 9.99 Å². The topological polar surface area (TPSA) is 47.9 Å². The van der Waals surface area contributed by atoms with E-state index in [4.69, 9.17) is 4.74 Å². The number of oxime groups is 1. The number of ether oxygens (including phenoxy) is 1. The van der Waals surface area contributed by atoms with Crippen molar-refractivity contribution in [1.82, 2.24) is 0 Å². The maximum atomic E-state index is 11.8. The molecule has 98 valence electrons. The molecule has 0 atom stereocenters. The van der Waals surface area contributed by atoms with E-state index >= 15 is 0 Å². The predicted molar refractivity (Wildman–Crippen MR) is 70.1 cm³/mol. The van der Waals surface area contributed by atoms with Gasteiger partial charge < -0.3 is 9.57 Å². The molecule has 0 saturated heterocycles. The van der Waals surface area contributed by atoms with Crippen molar-refractivity contribution in [1.29, 1.82) is 0 Å². The molecule has 0 saturated carbocycles. The summed E-state index contributed by atoms with van der Waals surface area (Å²) in [6.45, 7) is 4.27. The molecule has 0 unspecified atom stereocenters. The van der Waals surface area contributed by atoms with E-state index in [-0.39, 0.29) is 6.61 Å². The van der Waals surface area contributed by atoms with E-state index in [9.17, 15) is 4.79 Å². The van der Waals surface area contributed by atoms with Gasteiger partial charge >= 0.3 is 5.97 Å². The number of esters is 1. The molecular formula is C14H19NO3. The van der Waals surface area contributed by atoms with Gasteiger partial charge in [-0.05, 0) is 11.5 Å². The second kappa shape index (κ2) is 7.48. The molecule has 1 aromatic rings. The smallest absolute Gasteiger partial charge is 0.356 e. The largest absolute Gasteiger partial charge is 0.456 e. The molecule has 1 aromatic carbocycles. The van der Waals surface area contributed by atoms with E-state index in [1.165, 1.54) is 7.11 Å². The van der Waals surface area contributed by atoms with E-state index < -0.39 is 5.97 Å². The lowest BCUT2D eigenvalue weighted by Gasteiger charge is -2.08. The van der Waals surface area contributed by atoms with Gasteiger partial charge in [-0.1, -0.05) is 49.3 Å². The maximum absolute atomic E-state index is 11.8. The quantitative estimate of drug-likeness (QED) is 0.442. The second-order valence-electron chi connectivity index (χ2n) is 4.38. The van der Waals surface area contributed by atoms with Crippen molar-refractivity contribution in [2.45, 2.75) is 26.9 Å². The van der Waals surface area contributed by atoms with Crippen molar-refractivity contribution >= 4 is 11.7 Å². The Morgan fingerprint density at radius 1 is 1.28 bits per heavy atom. The van der Waals surface area contributed by atoms with Gasteiger partial charge in [0, 0.05) is 6.42 Å². The van der Waals surface area contributed by atoms with Crippen LogP contribution in [-0.4, -0.2) is 18.8 Å². The first-order chi connectivity index (χ1) is 8.63. The Morgan fingerprint density at radius 3 is 2.50 bits per heavy atom. The lowest BCUT2D eigenvalue weighted by Crippen LogP contribution is -2.19. The first kappa shape index (κ1) is 14.2. The summed E-state index contributed by atoms with van der Waals surface area (Å²) in [5, 5.41) is 3.72. The minimum atomic E-state index is -0.422. The molecule has 0 spiro atoms. The van der Waals surface area contributed by atoms with Gasteiger partial charge in [0.15, 0.2) is 5.71 Å². The van der Waals surface area contributed by atoms with Gasteiger partial charge in [0.25, 0.3) is 0 Å². The number of benzene rings is 1. The van der Waals surface area contributed by atoms with Crippen LogP contribution in [-0.2, 0) is 21.0 Å². The molecule has 0 fully saturated rings. The molecule has 18 heavy (non-hydrogen) atoms. The second-order valence-corrected chi connectivity index (χ2v) is 4.38. The maximum Gasteiger partial charge on any atom is 0.356 e. The number of nitrogens with zero attached hydrogens (tertiary/aromatic N) is 1. The summed E-state index contributed by atoms with van der Waals surface area (Å²) in [6.07, 6.45) is 0.543. The van der Waals surface area contributed by atoms with Crippen molar-refractivity contribution in [3.8, 4) is 0 Å². The van der Waals surface area contributed by atoms with Gasteiger partial charge in [0.05, 0.1) is 0 Å². The molecule has 4 heteroatoms. The highest BCUT2D eigenvalue weighted by atomic mass is 16.6. The number of hydrogen-bond donors (Lipinski definition) is 0. The summed E-state index contributed by atoms with van der Waals surface area (Å²) in [5.74, 6) is -0.0995. The van der Waals surface area contributed by atoms with Crippen molar-refractivity contribution < 1.29 is 14.4 Å². The Hall–Kier alpha value is -1.84. The van der Waals surface area contributed by atoms with Crippen LogP contribution in [0.2, 0.25) is 0 Å². The number of carbonyl (C=O) groups is 1. The predicted octanol–water partition coefficient (Wildman–Crippen LogP) is 2.78. The van der Waals surface area contributed by atoms with Gasteiger partial charge in [0.2, 0.25) is 0 Å². The molecule has 0 aliphatic carbocycles. The van der Waals surface area contributed by atoms with Crippen LogP contribution >= 0.6 is 0 Å². The zero-order valence-corrected chi connectivity index (χ0v) is 11.1. The molecule has 0 aromatic heterocycles. The van der Waals surface area contributed by atoms with Crippen molar-refractivity contribution in [3.63, 3.8) is 0 Å². The van der Waals surface area contributed by atoms with Crippen LogP contribution < -0.4 is 0 Å². The minimum Gasteiger partial charge on any atom is -0.456 e. The fraction of sp³-hybridized carbons (Fsp3) is 0.429. The zero-order valence-electron chi connectivity index (χ0n) is 11.1. The molecule has 0 aliphatic heterocycles. The number of carbonyl (C=O) groups excluding carboxylic acids is 1. The SMILES string of the molecule is CON=C(CC(C)C)C(=O)OCc1ccccc1. The third-order valence-corrected chi connectivity index (χ3v) is 2.25. The van der Waals surface area contributed by atoms with Crippen LogP contribution in [0.3, 0.4) is 0 Å². The van der Waals surface area contributed by atoms with Crippen LogP contribution in [0.5, 0.6) is 0 Å². The fourth-order valence-corrected chi connectivity index (χ4v) is 1.46. The van der Waals surface area contributed by atoms with E-state index in [0.717, 1.165) is 5.56 Å². The molecule has 1 rings (SSSR count). The highest BCUT2D eigenvalue weighted by Crippen LogP contribution is 2.06. The normalized spacial score (nSPS) is 11.4. The molecular weight excluding hydrogens is 230 g/mol. The number of hydrogen-bond acceptors (Lipinski definition) is 4. The third-order valence-electron chi connectivity index (χ3n) is 2.25. The molecule has 0 bridgehead atoms. The van der Waals surface area contributed by atoms with Crippen LogP contribution in [0.4, 0.5) is 0 Å². The van der Waals surface area contributed by atoms with Gasteiger partial charge in [-0.3, -0.25) is 0 Å². The molecule has 0 N–H and O–H groups in total. The average molecular weight is 249 g/mol. The van der Waals surface area contributed by atoms with Crippen LogP contribution in [0.15, 0.2) is 35.5 Å². The summed E-state index contributed by atoms with van der Waals surface area (Å²) in [4.78, 5) is 16.5. The lowest BCUT2D eigenvalue weighted by molar-refractivity contribution is -0.137. The average Bonchev–Trinajstić information content (AvgIpc) is 2.36. The van der Waals surface area contributed by atoms with Crippen LogP contribution in [0, 0.1) is 5.92 Å². The fourth-order valence-electron chi connectivity index (χ4n) is 1.46. The van der Waals surface area contributed by atoms with E-state index in [1.807, 2.05) is 44.2 Å². The Bertz CT molecular complexity index is 399. The lowest BCUT2D eigenvalue weighted by atomic mass is 10.1. The Kier molecular flexibility index (Phi) is 5.91. The van der Waals surface area contributed by atoms with Crippen LogP contribution in [0.1, 0.15) is 25.8 Å². The summed E-state index contributed by atoms with van der Waals surface area (Å²) < 4.78 is 5.19. The van der Waals surface area contributed by atoms with Gasteiger partial charge in [-0.2, -0.15) is 0 Å². The summed E-state index contributed by atoms with van der Waals surface area (Å²) in [5.41, 5.74) is 1.27.